The van der Waals surface area contributed by atoms with Crippen molar-refractivity contribution >= 4 is 17.5 Å². The topological polar surface area (TPSA) is 37.4 Å². The van der Waals surface area contributed by atoms with E-state index in [0.29, 0.717) is 24.9 Å². The first-order valence-electron chi connectivity index (χ1n) is 6.36. The number of anilines is 1. The molecule has 1 aromatic carbocycles. The zero-order valence-corrected chi connectivity index (χ0v) is 11.2. The van der Waals surface area contributed by atoms with Crippen molar-refractivity contribution < 1.29 is 9.59 Å². The summed E-state index contributed by atoms with van der Waals surface area (Å²) >= 11 is 0. The summed E-state index contributed by atoms with van der Waals surface area (Å²) in [5.74, 6) is -0.176. The van der Waals surface area contributed by atoms with E-state index in [9.17, 15) is 9.59 Å². The van der Waals surface area contributed by atoms with Crippen LogP contribution in [0.2, 0.25) is 0 Å². The van der Waals surface area contributed by atoms with E-state index in [2.05, 4.69) is 20.8 Å². The molecule has 0 bridgehead atoms. The zero-order chi connectivity index (χ0) is 13.3. The number of piperidine rings is 1. The van der Waals surface area contributed by atoms with Crippen molar-refractivity contribution in [3.63, 3.8) is 0 Å². The quantitative estimate of drug-likeness (QED) is 0.713. The number of carbonyl (C=O) groups is 2. The van der Waals surface area contributed by atoms with E-state index >= 15 is 0 Å². The summed E-state index contributed by atoms with van der Waals surface area (Å²) in [4.78, 5) is 24.9. The summed E-state index contributed by atoms with van der Waals surface area (Å²) < 4.78 is 0. The maximum atomic E-state index is 11.8. The summed E-state index contributed by atoms with van der Waals surface area (Å²) in [7, 11) is 0. The van der Waals surface area contributed by atoms with Crippen LogP contribution in [0.1, 0.15) is 45.6 Å². The van der Waals surface area contributed by atoms with Crippen molar-refractivity contribution in [3.8, 4) is 0 Å². The Labute approximate surface area is 108 Å². The van der Waals surface area contributed by atoms with Gasteiger partial charge in [-0.1, -0.05) is 32.9 Å². The molecule has 1 fully saturated rings. The van der Waals surface area contributed by atoms with Gasteiger partial charge in [-0.05, 0) is 29.5 Å². The average Bonchev–Trinajstić information content (AvgIpc) is 2.28. The van der Waals surface area contributed by atoms with Gasteiger partial charge in [-0.3, -0.25) is 14.5 Å². The second kappa shape index (κ2) is 4.56. The van der Waals surface area contributed by atoms with Crippen LogP contribution in [-0.2, 0) is 15.0 Å². The van der Waals surface area contributed by atoms with Crippen molar-refractivity contribution in [1.29, 1.82) is 0 Å². The minimum absolute atomic E-state index is 0.0778. The van der Waals surface area contributed by atoms with E-state index in [1.807, 2.05) is 24.3 Å². The predicted octanol–water partition coefficient (Wildman–Crippen LogP) is 3.03. The third kappa shape index (κ3) is 2.45. The van der Waals surface area contributed by atoms with Crippen LogP contribution in [0.3, 0.4) is 0 Å². The first kappa shape index (κ1) is 12.8. The van der Waals surface area contributed by atoms with Gasteiger partial charge >= 0.3 is 0 Å². The van der Waals surface area contributed by atoms with Crippen LogP contribution in [0.25, 0.3) is 0 Å². The Morgan fingerprint density at radius 3 is 1.89 bits per heavy atom. The Bertz CT molecular complexity index is 452. The Kier molecular flexibility index (Phi) is 3.24. The molecule has 2 rings (SSSR count). The minimum atomic E-state index is -0.0882. The number of amides is 2. The lowest BCUT2D eigenvalue weighted by Crippen LogP contribution is -2.40. The fraction of sp³-hybridized carbons (Fsp3) is 0.467. The lowest BCUT2D eigenvalue weighted by molar-refractivity contribution is -0.129. The molecule has 0 unspecified atom stereocenters. The monoisotopic (exact) mass is 245 g/mol. The van der Waals surface area contributed by atoms with Crippen LogP contribution in [0.5, 0.6) is 0 Å². The molecule has 96 valence electrons. The van der Waals surface area contributed by atoms with E-state index in [1.54, 1.807) is 0 Å². The Balaban J connectivity index is 2.29. The van der Waals surface area contributed by atoms with Gasteiger partial charge in [0, 0.05) is 12.8 Å². The highest BCUT2D eigenvalue weighted by atomic mass is 16.2. The molecule has 0 aliphatic carbocycles. The lowest BCUT2D eigenvalue weighted by Gasteiger charge is -2.26. The third-order valence-corrected chi connectivity index (χ3v) is 3.27. The first-order chi connectivity index (χ1) is 8.39. The molecule has 1 aliphatic rings. The molecule has 1 saturated heterocycles. The summed E-state index contributed by atoms with van der Waals surface area (Å²) in [5.41, 5.74) is 1.97. The zero-order valence-electron chi connectivity index (χ0n) is 11.2. The molecule has 0 N–H and O–H groups in total. The van der Waals surface area contributed by atoms with Gasteiger partial charge in [0.25, 0.3) is 0 Å². The normalized spacial score (nSPS) is 17.2. The highest BCUT2D eigenvalue weighted by Crippen LogP contribution is 2.27. The number of benzene rings is 1. The van der Waals surface area contributed by atoms with E-state index in [-0.39, 0.29) is 17.2 Å². The second-order valence-corrected chi connectivity index (χ2v) is 5.77. The molecule has 1 aromatic rings. The fourth-order valence-corrected chi connectivity index (χ4v) is 2.15. The summed E-state index contributed by atoms with van der Waals surface area (Å²) in [5, 5.41) is 0. The SMILES string of the molecule is CC(C)(C)c1ccc(N2C(=O)CCCC2=O)cc1. The molecule has 1 heterocycles. The van der Waals surface area contributed by atoms with Crippen LogP contribution >= 0.6 is 0 Å². The largest absolute Gasteiger partial charge is 0.274 e. The van der Waals surface area contributed by atoms with Crippen LogP contribution < -0.4 is 4.90 Å². The lowest BCUT2D eigenvalue weighted by atomic mass is 9.87. The number of hydrogen-bond donors (Lipinski definition) is 0. The molecular weight excluding hydrogens is 226 g/mol. The molecule has 0 spiro atoms. The van der Waals surface area contributed by atoms with Gasteiger partial charge in [-0.2, -0.15) is 0 Å². The van der Waals surface area contributed by atoms with Gasteiger partial charge in [-0.25, -0.2) is 0 Å². The molecule has 1 aliphatic heterocycles. The standard InChI is InChI=1S/C15H19NO2/c1-15(2,3)11-7-9-12(10-8-11)16-13(17)5-4-6-14(16)18/h7-10H,4-6H2,1-3H3. The molecule has 0 atom stereocenters. The van der Waals surface area contributed by atoms with E-state index < -0.39 is 0 Å². The number of rotatable bonds is 1. The van der Waals surface area contributed by atoms with E-state index in [0.717, 1.165) is 0 Å². The molecule has 3 nitrogen and oxygen atoms in total. The second-order valence-electron chi connectivity index (χ2n) is 5.77. The van der Waals surface area contributed by atoms with E-state index in [4.69, 9.17) is 0 Å². The molecule has 3 heteroatoms. The molecule has 2 amide bonds. The van der Waals surface area contributed by atoms with Gasteiger partial charge in [0.2, 0.25) is 11.8 Å². The minimum Gasteiger partial charge on any atom is -0.274 e. The molecule has 0 saturated carbocycles. The first-order valence-corrected chi connectivity index (χ1v) is 6.36. The molecular formula is C15H19NO2. The van der Waals surface area contributed by atoms with Gasteiger partial charge in [0.1, 0.15) is 0 Å². The number of imide groups is 1. The van der Waals surface area contributed by atoms with Crippen LogP contribution in [0, 0.1) is 0 Å². The summed E-state index contributed by atoms with van der Waals surface area (Å²) in [6.45, 7) is 6.41. The van der Waals surface area contributed by atoms with Gasteiger partial charge in [0.05, 0.1) is 5.69 Å². The van der Waals surface area contributed by atoms with Gasteiger partial charge in [0.15, 0.2) is 0 Å². The fourth-order valence-electron chi connectivity index (χ4n) is 2.15. The number of carbonyl (C=O) groups excluding carboxylic acids is 2. The Morgan fingerprint density at radius 1 is 0.944 bits per heavy atom. The van der Waals surface area contributed by atoms with Crippen LogP contribution in [0.4, 0.5) is 5.69 Å². The van der Waals surface area contributed by atoms with Crippen molar-refractivity contribution in [1.82, 2.24) is 0 Å². The smallest absolute Gasteiger partial charge is 0.233 e. The summed E-state index contributed by atoms with van der Waals surface area (Å²) in [6.07, 6.45) is 1.60. The van der Waals surface area contributed by atoms with E-state index in [1.165, 1.54) is 10.5 Å². The number of nitrogens with zero attached hydrogens (tertiary/aromatic N) is 1. The maximum Gasteiger partial charge on any atom is 0.233 e. The maximum absolute atomic E-state index is 11.8. The van der Waals surface area contributed by atoms with Crippen molar-refractivity contribution in [2.24, 2.45) is 0 Å². The van der Waals surface area contributed by atoms with Crippen LogP contribution in [0.15, 0.2) is 24.3 Å². The number of hydrogen-bond acceptors (Lipinski definition) is 2. The predicted molar refractivity (Wildman–Crippen MR) is 71.5 cm³/mol. The molecule has 0 aromatic heterocycles. The third-order valence-electron chi connectivity index (χ3n) is 3.27. The Morgan fingerprint density at radius 2 is 1.44 bits per heavy atom. The molecule has 0 radical (unpaired) electrons. The Hall–Kier alpha value is -1.64. The highest BCUT2D eigenvalue weighted by Gasteiger charge is 2.27. The van der Waals surface area contributed by atoms with Crippen molar-refractivity contribution in [2.45, 2.75) is 45.4 Å². The van der Waals surface area contributed by atoms with Gasteiger partial charge in [-0.15, -0.1) is 0 Å². The van der Waals surface area contributed by atoms with Crippen LogP contribution in [-0.4, -0.2) is 11.8 Å². The highest BCUT2D eigenvalue weighted by molar-refractivity contribution is 6.16. The summed E-state index contributed by atoms with van der Waals surface area (Å²) in [6, 6.07) is 7.71. The molecule has 18 heavy (non-hydrogen) atoms. The van der Waals surface area contributed by atoms with Crippen molar-refractivity contribution in [2.75, 3.05) is 4.90 Å². The van der Waals surface area contributed by atoms with Gasteiger partial charge < -0.3 is 0 Å². The average molecular weight is 245 g/mol. The van der Waals surface area contributed by atoms with Crippen molar-refractivity contribution in [3.05, 3.63) is 29.8 Å².